The number of fused-ring (bicyclic) bond motifs is 6. The van der Waals surface area contributed by atoms with Crippen LogP contribution >= 0.6 is 11.3 Å². The van der Waals surface area contributed by atoms with Crippen LogP contribution in [-0.2, 0) is 0 Å². The number of para-hydroxylation sites is 1. The monoisotopic (exact) mass is 808 g/mol. The first-order valence-electron chi connectivity index (χ1n) is 20.8. The summed E-state index contributed by atoms with van der Waals surface area (Å²) in [5.74, 6) is 1.88. The molecule has 3 aromatic heterocycles. The summed E-state index contributed by atoms with van der Waals surface area (Å²) in [6, 6.07) is 77.6. The maximum Gasteiger partial charge on any atom is 0.164 e. The molecule has 0 fully saturated rings. The van der Waals surface area contributed by atoms with Crippen molar-refractivity contribution in [1.29, 1.82) is 0 Å². The van der Waals surface area contributed by atoms with Crippen LogP contribution in [-0.4, -0.2) is 19.5 Å². The SMILES string of the molecule is c1ccc(-c2ccc(-c3cc(-n4c5ccccc5c5ccc(-c6cccc7c6sc6ccccc67)cc54)ccc3-c3nc(-c4ccccc4)nc(-c4ccccc4)n3)cc2)cc1. The number of hydrogen-bond donors (Lipinski definition) is 0. The Hall–Kier alpha value is -7.99. The summed E-state index contributed by atoms with van der Waals surface area (Å²) in [6.45, 7) is 0. The highest BCUT2D eigenvalue weighted by atomic mass is 32.1. The van der Waals surface area contributed by atoms with Crippen molar-refractivity contribution in [3.63, 3.8) is 0 Å². The molecule has 0 aliphatic heterocycles. The van der Waals surface area contributed by atoms with Crippen LogP contribution in [0.15, 0.2) is 218 Å². The van der Waals surface area contributed by atoms with Crippen molar-refractivity contribution >= 4 is 53.3 Å². The summed E-state index contributed by atoms with van der Waals surface area (Å²) in [6.07, 6.45) is 0. The lowest BCUT2D eigenvalue weighted by Crippen LogP contribution is -2.02. The Labute approximate surface area is 362 Å². The van der Waals surface area contributed by atoms with Gasteiger partial charge in [-0.15, -0.1) is 11.3 Å². The largest absolute Gasteiger partial charge is 0.309 e. The molecule has 12 aromatic rings. The minimum Gasteiger partial charge on any atom is -0.309 e. The Morgan fingerprint density at radius 3 is 1.58 bits per heavy atom. The molecule has 0 atom stereocenters. The van der Waals surface area contributed by atoms with Crippen molar-refractivity contribution < 1.29 is 0 Å². The zero-order valence-electron chi connectivity index (χ0n) is 33.5. The molecular formula is C57H36N4S. The second kappa shape index (κ2) is 14.9. The maximum atomic E-state index is 5.20. The molecule has 0 spiro atoms. The molecule has 5 heteroatoms. The Kier molecular flexibility index (Phi) is 8.65. The van der Waals surface area contributed by atoms with Gasteiger partial charge in [-0.3, -0.25) is 0 Å². The Morgan fingerprint density at radius 2 is 0.855 bits per heavy atom. The van der Waals surface area contributed by atoms with Crippen molar-refractivity contribution in [2.75, 3.05) is 0 Å². The van der Waals surface area contributed by atoms with Gasteiger partial charge < -0.3 is 4.57 Å². The Morgan fingerprint density at radius 1 is 0.306 bits per heavy atom. The highest BCUT2D eigenvalue weighted by Crippen LogP contribution is 2.43. The van der Waals surface area contributed by atoms with Gasteiger partial charge in [0.05, 0.1) is 11.0 Å². The topological polar surface area (TPSA) is 43.6 Å². The lowest BCUT2D eigenvalue weighted by Gasteiger charge is -2.16. The number of aromatic nitrogens is 4. The van der Waals surface area contributed by atoms with E-state index in [1.807, 2.05) is 47.7 Å². The molecule has 0 unspecified atom stereocenters. The minimum absolute atomic E-state index is 0.618. The first-order valence-corrected chi connectivity index (χ1v) is 21.7. The fourth-order valence-electron chi connectivity index (χ4n) is 8.90. The molecule has 9 aromatic carbocycles. The molecule has 4 nitrogen and oxygen atoms in total. The summed E-state index contributed by atoms with van der Waals surface area (Å²) < 4.78 is 5.03. The van der Waals surface area contributed by atoms with Crippen molar-refractivity contribution in [1.82, 2.24) is 19.5 Å². The van der Waals surface area contributed by atoms with E-state index < -0.39 is 0 Å². The Bertz CT molecular complexity index is 3550. The van der Waals surface area contributed by atoms with Crippen LogP contribution in [0.25, 0.3) is 115 Å². The van der Waals surface area contributed by atoms with Gasteiger partial charge in [0.1, 0.15) is 0 Å². The molecule has 62 heavy (non-hydrogen) atoms. The predicted octanol–water partition coefficient (Wildman–Crippen LogP) is 15.3. The summed E-state index contributed by atoms with van der Waals surface area (Å²) >= 11 is 1.87. The molecule has 12 rings (SSSR count). The molecule has 0 aliphatic rings. The van der Waals surface area contributed by atoms with Gasteiger partial charge in [0.15, 0.2) is 17.5 Å². The van der Waals surface area contributed by atoms with Crippen LogP contribution < -0.4 is 0 Å². The third-order valence-electron chi connectivity index (χ3n) is 11.9. The van der Waals surface area contributed by atoms with Gasteiger partial charge in [-0.25, -0.2) is 15.0 Å². The molecule has 0 aliphatic carbocycles. The van der Waals surface area contributed by atoms with Gasteiger partial charge in [0, 0.05) is 53.3 Å². The predicted molar refractivity (Wildman–Crippen MR) is 260 cm³/mol. The van der Waals surface area contributed by atoms with Crippen LogP contribution in [0.3, 0.4) is 0 Å². The molecule has 0 saturated carbocycles. The third-order valence-corrected chi connectivity index (χ3v) is 13.1. The summed E-state index contributed by atoms with van der Waals surface area (Å²) in [5.41, 5.74) is 13.0. The van der Waals surface area contributed by atoms with Crippen molar-refractivity contribution in [3.05, 3.63) is 218 Å². The molecule has 0 N–H and O–H groups in total. The fraction of sp³-hybridized carbons (Fsp3) is 0. The quantitative estimate of drug-likeness (QED) is 0.161. The van der Waals surface area contributed by atoms with Crippen molar-refractivity contribution in [2.45, 2.75) is 0 Å². The smallest absolute Gasteiger partial charge is 0.164 e. The van der Waals surface area contributed by atoms with Crippen LogP contribution in [0.2, 0.25) is 0 Å². The summed E-state index contributed by atoms with van der Waals surface area (Å²) in [5, 5.41) is 5.03. The lowest BCUT2D eigenvalue weighted by molar-refractivity contribution is 1.07. The maximum absolute atomic E-state index is 5.20. The van der Waals surface area contributed by atoms with Crippen LogP contribution in [0, 0.1) is 0 Å². The lowest BCUT2D eigenvalue weighted by atomic mass is 9.95. The normalized spacial score (nSPS) is 11.5. The van der Waals surface area contributed by atoms with E-state index in [-0.39, 0.29) is 0 Å². The minimum atomic E-state index is 0.618. The van der Waals surface area contributed by atoms with E-state index in [0.29, 0.717) is 17.5 Å². The van der Waals surface area contributed by atoms with Crippen molar-refractivity contribution in [2.24, 2.45) is 0 Å². The summed E-state index contributed by atoms with van der Waals surface area (Å²) in [4.78, 5) is 15.4. The first-order chi connectivity index (χ1) is 30.7. The third kappa shape index (κ3) is 6.18. The van der Waals surface area contributed by atoms with E-state index in [1.165, 1.54) is 47.6 Å². The Balaban J connectivity index is 1.09. The number of rotatable bonds is 7. The molecule has 0 saturated heterocycles. The van der Waals surface area contributed by atoms with Gasteiger partial charge in [-0.05, 0) is 69.8 Å². The molecule has 3 heterocycles. The zero-order valence-corrected chi connectivity index (χ0v) is 34.3. The van der Waals surface area contributed by atoms with E-state index in [9.17, 15) is 0 Å². The van der Waals surface area contributed by atoms with Crippen LogP contribution in [0.5, 0.6) is 0 Å². The zero-order chi connectivity index (χ0) is 41.0. The van der Waals surface area contributed by atoms with E-state index in [4.69, 9.17) is 15.0 Å². The number of hydrogen-bond acceptors (Lipinski definition) is 4. The van der Waals surface area contributed by atoms with Gasteiger partial charge in [-0.2, -0.15) is 0 Å². The van der Waals surface area contributed by atoms with E-state index in [0.717, 1.165) is 50.1 Å². The standard InChI is InChI=1S/C57H36N4S/c1-4-15-37(16-5-1)38-27-29-39(30-28-38)50-36-43(32-34-49(50)57-59-55(40-17-6-2-7-18-40)58-56(60-57)41-19-8-3-9-20-41)61-51-25-12-10-21-45(51)46-33-31-42(35-52(46)61)44-23-14-24-48-47-22-11-13-26-53(47)62-54(44)48/h1-36H. The van der Waals surface area contributed by atoms with E-state index >= 15 is 0 Å². The summed E-state index contributed by atoms with van der Waals surface area (Å²) in [7, 11) is 0. The molecular weight excluding hydrogens is 773 g/mol. The van der Waals surface area contributed by atoms with Gasteiger partial charge in [0.2, 0.25) is 0 Å². The highest BCUT2D eigenvalue weighted by Gasteiger charge is 2.20. The van der Waals surface area contributed by atoms with E-state index in [1.54, 1.807) is 0 Å². The van der Waals surface area contributed by atoms with Gasteiger partial charge in [0.25, 0.3) is 0 Å². The highest BCUT2D eigenvalue weighted by molar-refractivity contribution is 7.26. The molecule has 0 radical (unpaired) electrons. The van der Waals surface area contributed by atoms with Crippen molar-refractivity contribution in [3.8, 4) is 73.2 Å². The number of benzene rings is 9. The fourth-order valence-corrected chi connectivity index (χ4v) is 10.1. The average molecular weight is 809 g/mol. The van der Waals surface area contributed by atoms with Gasteiger partial charge in [-0.1, -0.05) is 182 Å². The second-order valence-electron chi connectivity index (χ2n) is 15.6. The molecule has 0 amide bonds. The number of nitrogens with zero attached hydrogens (tertiary/aromatic N) is 4. The molecule has 0 bridgehead atoms. The first kappa shape index (κ1) is 35.9. The number of thiophene rings is 1. The van der Waals surface area contributed by atoms with Gasteiger partial charge >= 0.3 is 0 Å². The average Bonchev–Trinajstić information content (AvgIpc) is 3.90. The second-order valence-corrected chi connectivity index (χ2v) is 16.6. The van der Waals surface area contributed by atoms with Crippen LogP contribution in [0.4, 0.5) is 0 Å². The van der Waals surface area contributed by atoms with E-state index in [2.05, 4.69) is 187 Å². The van der Waals surface area contributed by atoms with Crippen LogP contribution in [0.1, 0.15) is 0 Å². The molecule has 290 valence electrons.